The lowest BCUT2D eigenvalue weighted by molar-refractivity contribution is -0.127. The molecule has 1 fully saturated rings. The highest BCUT2D eigenvalue weighted by molar-refractivity contribution is 8.18. The second-order valence-electron chi connectivity index (χ2n) is 8.12. The van der Waals surface area contributed by atoms with Crippen molar-refractivity contribution in [2.45, 2.75) is 0 Å². The fourth-order valence-corrected chi connectivity index (χ4v) is 5.11. The predicted molar refractivity (Wildman–Crippen MR) is 135 cm³/mol. The van der Waals surface area contributed by atoms with Gasteiger partial charge in [-0.05, 0) is 63.1 Å². The zero-order chi connectivity index (χ0) is 23.9. The molecule has 0 spiro atoms. The minimum absolute atomic E-state index is 0.127. The first-order chi connectivity index (χ1) is 17.1. The molecule has 0 aromatic heterocycles. The van der Waals surface area contributed by atoms with E-state index < -0.39 is 17.1 Å². The van der Waals surface area contributed by atoms with Crippen LogP contribution in [-0.2, 0) is 9.59 Å². The average Bonchev–Trinajstić information content (AvgIpc) is 3.43. The van der Waals surface area contributed by atoms with Gasteiger partial charge in [0.2, 0.25) is 12.7 Å². The molecule has 4 aromatic carbocycles. The first-order valence-corrected chi connectivity index (χ1v) is 11.7. The van der Waals surface area contributed by atoms with Gasteiger partial charge < -0.3 is 14.8 Å². The van der Waals surface area contributed by atoms with E-state index in [2.05, 4.69) is 11.4 Å². The van der Waals surface area contributed by atoms with Crippen molar-refractivity contribution >= 4 is 62.1 Å². The van der Waals surface area contributed by atoms with Gasteiger partial charge in [-0.2, -0.15) is 0 Å². The van der Waals surface area contributed by atoms with Crippen LogP contribution in [0.5, 0.6) is 11.5 Å². The van der Waals surface area contributed by atoms with Crippen molar-refractivity contribution < 1.29 is 23.9 Å². The SMILES string of the molecule is O=C(CN1C(=O)S/C(=C\c2c3ccccc3cc3ccccc23)C1=O)Nc1ccc2c(c1)OCO2. The van der Waals surface area contributed by atoms with Crippen molar-refractivity contribution in [2.75, 3.05) is 18.7 Å². The number of carbonyl (C=O) groups is 3. The molecule has 0 aliphatic carbocycles. The topological polar surface area (TPSA) is 84.9 Å². The first kappa shape index (κ1) is 21.2. The van der Waals surface area contributed by atoms with Gasteiger partial charge in [-0.15, -0.1) is 0 Å². The Labute approximate surface area is 204 Å². The fourth-order valence-electron chi connectivity index (χ4n) is 4.29. The van der Waals surface area contributed by atoms with Gasteiger partial charge in [-0.1, -0.05) is 48.5 Å². The highest BCUT2D eigenvalue weighted by atomic mass is 32.2. The summed E-state index contributed by atoms with van der Waals surface area (Å²) >= 11 is 0.840. The van der Waals surface area contributed by atoms with E-state index in [-0.39, 0.29) is 18.2 Å². The molecular weight excluding hydrogens is 464 g/mol. The maximum absolute atomic E-state index is 13.1. The van der Waals surface area contributed by atoms with Crippen molar-refractivity contribution in [3.8, 4) is 11.5 Å². The third kappa shape index (κ3) is 3.87. The summed E-state index contributed by atoms with van der Waals surface area (Å²) in [6.45, 7) is -0.255. The molecule has 1 saturated heterocycles. The Bertz CT molecular complexity index is 1520. The standard InChI is InChI=1S/C27H18N2O5S/c30-25(28-18-9-10-22-23(12-18)34-15-33-22)14-29-26(31)24(35-27(29)32)13-21-19-7-3-1-5-16(19)11-17-6-2-4-8-20(17)21/h1-13H,14-15H2,(H,28,30)/b24-13-. The first-order valence-electron chi connectivity index (χ1n) is 10.9. The Morgan fingerprint density at radius 3 is 2.34 bits per heavy atom. The second-order valence-corrected chi connectivity index (χ2v) is 9.11. The van der Waals surface area contributed by atoms with E-state index in [1.54, 1.807) is 24.3 Å². The van der Waals surface area contributed by atoms with E-state index in [0.29, 0.717) is 17.2 Å². The fraction of sp³-hybridized carbons (Fsp3) is 0.0741. The number of anilines is 1. The van der Waals surface area contributed by atoms with Crippen LogP contribution in [0.25, 0.3) is 27.6 Å². The number of carbonyl (C=O) groups excluding carboxylic acids is 3. The Balaban J connectivity index is 1.27. The molecule has 4 aromatic rings. The Morgan fingerprint density at radius 2 is 1.60 bits per heavy atom. The number of ether oxygens (including phenoxy) is 2. The summed E-state index contributed by atoms with van der Waals surface area (Å²) in [7, 11) is 0. The minimum atomic E-state index is -0.488. The van der Waals surface area contributed by atoms with Crippen LogP contribution in [0, 0.1) is 0 Å². The van der Waals surface area contributed by atoms with Crippen LogP contribution in [0.15, 0.2) is 77.7 Å². The Morgan fingerprint density at radius 1 is 0.914 bits per heavy atom. The molecule has 0 bridgehead atoms. The number of nitrogens with zero attached hydrogens (tertiary/aromatic N) is 1. The summed E-state index contributed by atoms with van der Waals surface area (Å²) in [6.07, 6.45) is 1.76. The van der Waals surface area contributed by atoms with Crippen LogP contribution < -0.4 is 14.8 Å². The lowest BCUT2D eigenvalue weighted by atomic mass is 9.96. The van der Waals surface area contributed by atoms with E-state index in [4.69, 9.17) is 9.47 Å². The maximum atomic E-state index is 13.1. The quantitative estimate of drug-likeness (QED) is 0.310. The van der Waals surface area contributed by atoms with Crippen molar-refractivity contribution in [3.05, 3.63) is 83.3 Å². The molecule has 0 unspecified atom stereocenters. The maximum Gasteiger partial charge on any atom is 0.294 e. The molecule has 7 nitrogen and oxygen atoms in total. The molecule has 0 saturated carbocycles. The summed E-state index contributed by atoms with van der Waals surface area (Å²) in [6, 6.07) is 23.0. The largest absolute Gasteiger partial charge is 0.454 e. The number of hydrogen-bond acceptors (Lipinski definition) is 6. The second kappa shape index (κ2) is 8.48. The number of thioether (sulfide) groups is 1. The molecule has 2 heterocycles. The van der Waals surface area contributed by atoms with E-state index in [0.717, 1.165) is 43.8 Å². The number of fused-ring (bicyclic) bond motifs is 3. The normalized spacial score (nSPS) is 16.0. The minimum Gasteiger partial charge on any atom is -0.454 e. The van der Waals surface area contributed by atoms with Gasteiger partial charge in [-0.25, -0.2) is 0 Å². The van der Waals surface area contributed by atoms with Gasteiger partial charge in [0.05, 0.1) is 4.91 Å². The third-order valence-corrected chi connectivity index (χ3v) is 6.83. The highest BCUT2D eigenvalue weighted by Crippen LogP contribution is 2.37. The number of hydrogen-bond donors (Lipinski definition) is 1. The molecule has 6 rings (SSSR count). The third-order valence-electron chi connectivity index (χ3n) is 5.92. The molecule has 2 aliphatic heterocycles. The zero-order valence-electron chi connectivity index (χ0n) is 18.3. The van der Waals surface area contributed by atoms with E-state index >= 15 is 0 Å². The van der Waals surface area contributed by atoms with E-state index in [9.17, 15) is 14.4 Å². The van der Waals surface area contributed by atoms with Crippen LogP contribution in [0.4, 0.5) is 10.5 Å². The van der Waals surface area contributed by atoms with Crippen LogP contribution in [0.1, 0.15) is 5.56 Å². The molecule has 8 heteroatoms. The van der Waals surface area contributed by atoms with Crippen molar-refractivity contribution in [1.82, 2.24) is 4.90 Å². The average molecular weight is 483 g/mol. The molecule has 2 aliphatic rings. The number of nitrogens with one attached hydrogen (secondary N) is 1. The van der Waals surface area contributed by atoms with Gasteiger partial charge >= 0.3 is 0 Å². The molecule has 35 heavy (non-hydrogen) atoms. The Hall–Kier alpha value is -4.30. The molecule has 3 amide bonds. The van der Waals surface area contributed by atoms with Gasteiger partial charge in [-0.3, -0.25) is 19.3 Å². The number of benzene rings is 4. The lowest BCUT2D eigenvalue weighted by Gasteiger charge is -2.13. The lowest BCUT2D eigenvalue weighted by Crippen LogP contribution is -2.36. The summed E-state index contributed by atoms with van der Waals surface area (Å²) < 4.78 is 10.6. The predicted octanol–water partition coefficient (Wildman–Crippen LogP) is 5.40. The van der Waals surface area contributed by atoms with Crippen LogP contribution >= 0.6 is 11.8 Å². The molecule has 1 N–H and O–H groups in total. The smallest absolute Gasteiger partial charge is 0.294 e. The molecule has 172 valence electrons. The van der Waals surface area contributed by atoms with Crippen LogP contribution in [0.3, 0.4) is 0 Å². The van der Waals surface area contributed by atoms with E-state index in [1.807, 2.05) is 48.5 Å². The van der Waals surface area contributed by atoms with Crippen LogP contribution in [-0.4, -0.2) is 35.3 Å². The summed E-state index contributed by atoms with van der Waals surface area (Å²) in [5, 5.41) is 6.28. The summed E-state index contributed by atoms with van der Waals surface area (Å²) in [4.78, 5) is 39.7. The molecule has 0 atom stereocenters. The summed E-state index contributed by atoms with van der Waals surface area (Å²) in [5.74, 6) is 0.153. The van der Waals surface area contributed by atoms with Gasteiger partial charge in [0.15, 0.2) is 11.5 Å². The van der Waals surface area contributed by atoms with Crippen molar-refractivity contribution in [3.63, 3.8) is 0 Å². The monoisotopic (exact) mass is 482 g/mol. The zero-order valence-corrected chi connectivity index (χ0v) is 19.1. The number of amides is 3. The molecular formula is C27H18N2O5S. The van der Waals surface area contributed by atoms with Crippen molar-refractivity contribution in [2.24, 2.45) is 0 Å². The van der Waals surface area contributed by atoms with E-state index in [1.165, 1.54) is 0 Å². The van der Waals surface area contributed by atoms with Crippen molar-refractivity contribution in [1.29, 1.82) is 0 Å². The van der Waals surface area contributed by atoms with Gasteiger partial charge in [0, 0.05) is 11.8 Å². The molecule has 0 radical (unpaired) electrons. The summed E-state index contributed by atoms with van der Waals surface area (Å²) in [5.41, 5.74) is 1.36. The number of imide groups is 1. The van der Waals surface area contributed by atoms with Crippen LogP contribution in [0.2, 0.25) is 0 Å². The van der Waals surface area contributed by atoms with Gasteiger partial charge in [0.25, 0.3) is 11.1 Å². The number of rotatable bonds is 4. The highest BCUT2D eigenvalue weighted by Gasteiger charge is 2.36. The van der Waals surface area contributed by atoms with Gasteiger partial charge in [0.1, 0.15) is 6.54 Å². The Kier molecular flexibility index (Phi) is 5.15.